The molecule has 1 aliphatic rings. The van der Waals surface area contributed by atoms with E-state index in [-0.39, 0.29) is 0 Å². The average Bonchev–Trinajstić information content (AvgIpc) is 2.59. The van der Waals surface area contributed by atoms with E-state index >= 15 is 0 Å². The fourth-order valence-corrected chi connectivity index (χ4v) is 2.47. The zero-order valence-electron chi connectivity index (χ0n) is 10.5. The van der Waals surface area contributed by atoms with Gasteiger partial charge in [-0.2, -0.15) is 0 Å². The number of nitrogens with zero attached hydrogens (tertiary/aromatic N) is 1. The number of aromatic nitrogens is 1. The summed E-state index contributed by atoms with van der Waals surface area (Å²) in [6.07, 6.45) is 2.48. The second-order valence-corrected chi connectivity index (χ2v) is 4.80. The summed E-state index contributed by atoms with van der Waals surface area (Å²) in [5.74, 6) is 0. The van der Waals surface area contributed by atoms with Crippen molar-refractivity contribution in [1.29, 1.82) is 0 Å². The Morgan fingerprint density at radius 2 is 2.00 bits per heavy atom. The summed E-state index contributed by atoms with van der Waals surface area (Å²) in [6.45, 7) is 10.3. The summed E-state index contributed by atoms with van der Waals surface area (Å²) in [5.41, 5.74) is 4.13. The Morgan fingerprint density at radius 1 is 1.25 bits per heavy atom. The lowest BCUT2D eigenvalue weighted by molar-refractivity contribution is 0.238. The van der Waals surface area contributed by atoms with Crippen LogP contribution in [0.5, 0.6) is 0 Å². The number of piperazine rings is 1. The first-order valence-corrected chi connectivity index (χ1v) is 6.34. The maximum Gasteiger partial charge on any atom is 0.0150 e. The lowest BCUT2D eigenvalue weighted by Crippen LogP contribution is -2.43. The molecule has 1 fully saturated rings. The summed E-state index contributed by atoms with van der Waals surface area (Å²) in [5, 5.41) is 3.39. The molecule has 0 amide bonds. The van der Waals surface area contributed by atoms with Crippen LogP contribution >= 0.6 is 0 Å². The molecule has 2 heterocycles. The van der Waals surface area contributed by atoms with Gasteiger partial charge in [-0.05, 0) is 44.9 Å². The molecule has 0 aromatic carbocycles. The Kier molecular flexibility index (Phi) is 4.02. The van der Waals surface area contributed by atoms with Gasteiger partial charge in [-0.15, -0.1) is 0 Å². The van der Waals surface area contributed by atoms with Gasteiger partial charge in [-0.3, -0.25) is 0 Å². The molecule has 90 valence electrons. The first kappa shape index (κ1) is 11.7. The van der Waals surface area contributed by atoms with Crippen LogP contribution in [-0.2, 0) is 6.42 Å². The van der Waals surface area contributed by atoms with Gasteiger partial charge in [-0.1, -0.05) is 0 Å². The standard InChI is InChI=1S/C13H23N3/c1-11-10-13(12(2)15-11)4-3-7-16-8-5-14-6-9-16/h10,14-15H,3-9H2,1-2H3. The minimum Gasteiger partial charge on any atom is -0.362 e. The molecule has 2 N–H and O–H groups in total. The zero-order chi connectivity index (χ0) is 11.4. The fraction of sp³-hybridized carbons (Fsp3) is 0.692. The van der Waals surface area contributed by atoms with Gasteiger partial charge >= 0.3 is 0 Å². The Bertz CT molecular complexity index is 324. The third-order valence-electron chi connectivity index (χ3n) is 3.39. The minimum absolute atomic E-state index is 1.16. The van der Waals surface area contributed by atoms with E-state index in [1.165, 1.54) is 49.4 Å². The molecule has 3 heteroatoms. The average molecular weight is 221 g/mol. The largest absolute Gasteiger partial charge is 0.362 e. The van der Waals surface area contributed by atoms with Crippen LogP contribution in [0.2, 0.25) is 0 Å². The molecule has 0 unspecified atom stereocenters. The quantitative estimate of drug-likeness (QED) is 0.806. The first-order chi connectivity index (χ1) is 7.75. The lowest BCUT2D eigenvalue weighted by atomic mass is 10.1. The molecule has 2 rings (SSSR count). The van der Waals surface area contributed by atoms with Crippen LogP contribution < -0.4 is 5.32 Å². The molecule has 0 spiro atoms. The number of hydrogen-bond acceptors (Lipinski definition) is 2. The summed E-state index contributed by atoms with van der Waals surface area (Å²) < 4.78 is 0. The highest BCUT2D eigenvalue weighted by Crippen LogP contribution is 2.11. The van der Waals surface area contributed by atoms with E-state index in [2.05, 4.69) is 35.1 Å². The number of nitrogens with one attached hydrogen (secondary N) is 2. The van der Waals surface area contributed by atoms with Crippen LogP contribution in [0.4, 0.5) is 0 Å². The molecule has 0 bridgehead atoms. The molecule has 16 heavy (non-hydrogen) atoms. The predicted molar refractivity (Wildman–Crippen MR) is 67.9 cm³/mol. The van der Waals surface area contributed by atoms with Crippen molar-refractivity contribution in [3.63, 3.8) is 0 Å². The second kappa shape index (κ2) is 5.51. The molecule has 3 nitrogen and oxygen atoms in total. The van der Waals surface area contributed by atoms with Crippen molar-refractivity contribution < 1.29 is 0 Å². The molecule has 1 aromatic rings. The SMILES string of the molecule is Cc1cc(CCCN2CCNCC2)c(C)[nH]1. The van der Waals surface area contributed by atoms with E-state index in [4.69, 9.17) is 0 Å². The van der Waals surface area contributed by atoms with Crippen molar-refractivity contribution >= 4 is 0 Å². The van der Waals surface area contributed by atoms with Gasteiger partial charge in [0, 0.05) is 37.6 Å². The van der Waals surface area contributed by atoms with E-state index < -0.39 is 0 Å². The molecule has 0 aliphatic carbocycles. The molecule has 0 radical (unpaired) electrons. The Labute approximate surface area is 98.2 Å². The number of hydrogen-bond donors (Lipinski definition) is 2. The summed E-state index contributed by atoms with van der Waals surface area (Å²) >= 11 is 0. The molecule has 1 aromatic heterocycles. The van der Waals surface area contributed by atoms with Gasteiger partial charge in [0.25, 0.3) is 0 Å². The fourth-order valence-electron chi connectivity index (χ4n) is 2.47. The van der Waals surface area contributed by atoms with Gasteiger partial charge in [0.2, 0.25) is 0 Å². The highest BCUT2D eigenvalue weighted by atomic mass is 15.2. The summed E-state index contributed by atoms with van der Waals surface area (Å²) in [4.78, 5) is 5.93. The Balaban J connectivity index is 1.73. The highest BCUT2D eigenvalue weighted by molar-refractivity contribution is 5.24. The normalized spacial score (nSPS) is 17.9. The van der Waals surface area contributed by atoms with Gasteiger partial charge in [0.15, 0.2) is 0 Å². The molecule has 0 saturated carbocycles. The van der Waals surface area contributed by atoms with E-state index in [9.17, 15) is 0 Å². The van der Waals surface area contributed by atoms with Crippen LogP contribution in [0.25, 0.3) is 0 Å². The first-order valence-electron chi connectivity index (χ1n) is 6.34. The number of H-pyrrole nitrogens is 1. The number of rotatable bonds is 4. The maximum atomic E-state index is 3.39. The monoisotopic (exact) mass is 221 g/mol. The van der Waals surface area contributed by atoms with Gasteiger partial charge in [-0.25, -0.2) is 0 Å². The van der Waals surface area contributed by atoms with Gasteiger partial charge in [0.1, 0.15) is 0 Å². The van der Waals surface area contributed by atoms with Crippen molar-refractivity contribution in [3.05, 3.63) is 23.0 Å². The maximum absolute atomic E-state index is 3.39. The van der Waals surface area contributed by atoms with Crippen LogP contribution in [0, 0.1) is 13.8 Å². The molecule has 1 aliphatic heterocycles. The van der Waals surface area contributed by atoms with Gasteiger partial charge in [0.05, 0.1) is 0 Å². The lowest BCUT2D eigenvalue weighted by Gasteiger charge is -2.27. The van der Waals surface area contributed by atoms with Crippen LogP contribution in [0.15, 0.2) is 6.07 Å². The predicted octanol–water partition coefficient (Wildman–Crippen LogP) is 1.47. The van der Waals surface area contributed by atoms with Crippen molar-refractivity contribution in [2.75, 3.05) is 32.7 Å². The summed E-state index contributed by atoms with van der Waals surface area (Å²) in [7, 11) is 0. The third kappa shape index (κ3) is 3.09. The van der Waals surface area contributed by atoms with E-state index in [1.54, 1.807) is 0 Å². The smallest absolute Gasteiger partial charge is 0.0150 e. The Morgan fingerprint density at radius 3 is 2.62 bits per heavy atom. The zero-order valence-corrected chi connectivity index (χ0v) is 10.5. The van der Waals surface area contributed by atoms with Crippen molar-refractivity contribution in [3.8, 4) is 0 Å². The molecular weight excluding hydrogens is 198 g/mol. The van der Waals surface area contributed by atoms with E-state index in [0.29, 0.717) is 0 Å². The minimum atomic E-state index is 1.16. The van der Waals surface area contributed by atoms with Crippen molar-refractivity contribution in [1.82, 2.24) is 15.2 Å². The second-order valence-electron chi connectivity index (χ2n) is 4.80. The molecular formula is C13H23N3. The van der Waals surface area contributed by atoms with Crippen molar-refractivity contribution in [2.45, 2.75) is 26.7 Å². The van der Waals surface area contributed by atoms with Crippen molar-refractivity contribution in [2.24, 2.45) is 0 Å². The Hall–Kier alpha value is -0.800. The highest BCUT2D eigenvalue weighted by Gasteiger charge is 2.09. The molecule has 0 atom stereocenters. The summed E-state index contributed by atoms with van der Waals surface area (Å²) in [6, 6.07) is 2.28. The third-order valence-corrected chi connectivity index (χ3v) is 3.39. The van der Waals surface area contributed by atoms with Crippen LogP contribution in [0.3, 0.4) is 0 Å². The number of aryl methyl sites for hydroxylation is 3. The van der Waals surface area contributed by atoms with E-state index in [0.717, 1.165) is 13.1 Å². The molecule has 1 saturated heterocycles. The van der Waals surface area contributed by atoms with Crippen LogP contribution in [0.1, 0.15) is 23.4 Å². The van der Waals surface area contributed by atoms with Crippen LogP contribution in [-0.4, -0.2) is 42.6 Å². The number of aromatic amines is 1. The topological polar surface area (TPSA) is 31.1 Å². The van der Waals surface area contributed by atoms with E-state index in [1.807, 2.05) is 0 Å². The van der Waals surface area contributed by atoms with Gasteiger partial charge < -0.3 is 15.2 Å².